The Labute approximate surface area is 178 Å². The Morgan fingerprint density at radius 3 is 2.34 bits per heavy atom. The average Bonchev–Trinajstić information content (AvgIpc) is 2.74. The number of piperazine rings is 1. The van der Waals surface area contributed by atoms with Gasteiger partial charge in [0.05, 0.1) is 15.5 Å². The first-order valence-corrected chi connectivity index (χ1v) is 10.8. The summed E-state index contributed by atoms with van der Waals surface area (Å²) in [5.41, 5.74) is 0.0750. The third-order valence-electron chi connectivity index (χ3n) is 4.33. The van der Waals surface area contributed by atoms with Gasteiger partial charge in [-0.15, -0.1) is 0 Å². The number of carbonyl (C=O) groups is 2. The predicted octanol–water partition coefficient (Wildman–Crippen LogP) is 2.08. The van der Waals surface area contributed by atoms with E-state index in [4.69, 9.17) is 27.9 Å². The van der Waals surface area contributed by atoms with Crippen molar-refractivity contribution in [3.63, 3.8) is 0 Å². The lowest BCUT2D eigenvalue weighted by Crippen LogP contribution is -2.51. The summed E-state index contributed by atoms with van der Waals surface area (Å²) in [7, 11) is -3.60. The minimum Gasteiger partial charge on any atom is -0.452 e. The lowest BCUT2D eigenvalue weighted by atomic mass is 10.3. The van der Waals surface area contributed by atoms with Crippen LogP contribution in [0, 0.1) is 0 Å². The Morgan fingerprint density at radius 1 is 1.07 bits per heavy atom. The number of amides is 1. The van der Waals surface area contributed by atoms with Gasteiger partial charge in [0.1, 0.15) is 5.15 Å². The van der Waals surface area contributed by atoms with Gasteiger partial charge in [0, 0.05) is 32.4 Å². The molecule has 11 heteroatoms. The summed E-state index contributed by atoms with van der Waals surface area (Å²) in [6.07, 6.45) is 1.20. The van der Waals surface area contributed by atoms with Crippen LogP contribution in [0.1, 0.15) is 10.4 Å². The van der Waals surface area contributed by atoms with Crippen molar-refractivity contribution in [1.29, 1.82) is 0 Å². The largest absolute Gasteiger partial charge is 0.452 e. The van der Waals surface area contributed by atoms with Crippen LogP contribution in [0.25, 0.3) is 0 Å². The summed E-state index contributed by atoms with van der Waals surface area (Å²) < 4.78 is 31.6. The third-order valence-corrected chi connectivity index (χ3v) is 6.93. The molecule has 1 aromatic carbocycles. The van der Waals surface area contributed by atoms with E-state index < -0.39 is 28.5 Å². The van der Waals surface area contributed by atoms with Crippen LogP contribution in [-0.4, -0.2) is 67.3 Å². The number of nitrogens with zero attached hydrogens (tertiary/aromatic N) is 3. The number of benzene rings is 1. The molecule has 0 spiro atoms. The first-order chi connectivity index (χ1) is 13.8. The molecular formula is C18H17Cl2N3O5S. The van der Waals surface area contributed by atoms with Gasteiger partial charge >= 0.3 is 5.97 Å². The van der Waals surface area contributed by atoms with Gasteiger partial charge in [0.2, 0.25) is 10.0 Å². The molecular weight excluding hydrogens is 441 g/mol. The van der Waals surface area contributed by atoms with Gasteiger partial charge < -0.3 is 9.64 Å². The summed E-state index contributed by atoms with van der Waals surface area (Å²) in [6.45, 7) is 0.263. The van der Waals surface area contributed by atoms with E-state index in [0.717, 1.165) is 0 Å². The molecule has 2 aromatic rings. The van der Waals surface area contributed by atoms with Crippen LogP contribution in [-0.2, 0) is 19.6 Å². The molecule has 0 unspecified atom stereocenters. The fourth-order valence-corrected chi connectivity index (χ4v) is 4.47. The second kappa shape index (κ2) is 9.08. The summed E-state index contributed by atoms with van der Waals surface area (Å²) >= 11 is 11.5. The number of hydrogen-bond donors (Lipinski definition) is 0. The van der Waals surface area contributed by atoms with Crippen LogP contribution in [0.4, 0.5) is 0 Å². The van der Waals surface area contributed by atoms with Gasteiger partial charge in [-0.1, -0.05) is 41.4 Å². The van der Waals surface area contributed by atoms with Gasteiger partial charge in [-0.05, 0) is 18.2 Å². The summed E-state index contributed by atoms with van der Waals surface area (Å²) in [5.74, 6) is -1.17. The smallest absolute Gasteiger partial charge is 0.340 e. The number of hydrogen-bond acceptors (Lipinski definition) is 6. The molecule has 0 aliphatic carbocycles. The second-order valence-electron chi connectivity index (χ2n) is 6.17. The molecule has 1 aromatic heterocycles. The maximum absolute atomic E-state index is 12.6. The van der Waals surface area contributed by atoms with Crippen molar-refractivity contribution in [1.82, 2.24) is 14.2 Å². The van der Waals surface area contributed by atoms with Crippen LogP contribution in [0.5, 0.6) is 0 Å². The lowest BCUT2D eigenvalue weighted by molar-refractivity contribution is -0.135. The Hall–Kier alpha value is -2.20. The van der Waals surface area contributed by atoms with E-state index in [-0.39, 0.29) is 46.8 Å². The number of sulfonamides is 1. The molecule has 1 amide bonds. The van der Waals surface area contributed by atoms with Crippen molar-refractivity contribution in [2.75, 3.05) is 32.8 Å². The minimum atomic E-state index is -3.60. The number of ether oxygens (including phenoxy) is 1. The Balaban J connectivity index is 1.52. The van der Waals surface area contributed by atoms with E-state index >= 15 is 0 Å². The number of aromatic nitrogens is 1. The molecule has 1 aliphatic rings. The molecule has 2 heterocycles. The van der Waals surface area contributed by atoms with Crippen molar-refractivity contribution in [3.8, 4) is 0 Å². The van der Waals surface area contributed by atoms with Crippen molar-refractivity contribution >= 4 is 45.1 Å². The molecule has 154 valence electrons. The molecule has 1 saturated heterocycles. The lowest BCUT2D eigenvalue weighted by Gasteiger charge is -2.33. The fraction of sp³-hybridized carbons (Fsp3) is 0.278. The zero-order valence-corrected chi connectivity index (χ0v) is 17.5. The molecule has 29 heavy (non-hydrogen) atoms. The number of esters is 1. The van der Waals surface area contributed by atoms with Gasteiger partial charge in [-0.25, -0.2) is 18.2 Å². The van der Waals surface area contributed by atoms with Gasteiger partial charge in [0.25, 0.3) is 5.91 Å². The molecule has 0 N–H and O–H groups in total. The minimum absolute atomic E-state index is 0.0580. The zero-order valence-electron chi connectivity index (χ0n) is 15.1. The Kier molecular flexibility index (Phi) is 6.74. The standard InChI is InChI=1S/C18H17Cl2N3O5S/c19-15-10-13(11-21-17(15)20)18(25)28-12-16(24)22-6-8-23(9-7-22)29(26,27)14-4-2-1-3-5-14/h1-5,10-11H,6-9,12H2. The van der Waals surface area contributed by atoms with Gasteiger partial charge in [-0.2, -0.15) is 4.31 Å². The fourth-order valence-electron chi connectivity index (χ4n) is 2.75. The average molecular weight is 458 g/mol. The summed E-state index contributed by atoms with van der Waals surface area (Å²) in [4.78, 5) is 29.7. The van der Waals surface area contributed by atoms with E-state index in [2.05, 4.69) is 4.98 Å². The highest BCUT2D eigenvalue weighted by Crippen LogP contribution is 2.20. The maximum Gasteiger partial charge on any atom is 0.340 e. The van der Waals surface area contributed by atoms with E-state index in [0.29, 0.717) is 0 Å². The first kappa shape index (κ1) is 21.5. The van der Waals surface area contributed by atoms with Gasteiger partial charge in [0.15, 0.2) is 6.61 Å². The molecule has 3 rings (SSSR count). The predicted molar refractivity (Wildman–Crippen MR) is 106 cm³/mol. The van der Waals surface area contributed by atoms with E-state index in [1.807, 2.05) is 0 Å². The quantitative estimate of drug-likeness (QED) is 0.503. The first-order valence-electron chi connectivity index (χ1n) is 8.60. The molecule has 0 saturated carbocycles. The molecule has 1 fully saturated rings. The highest BCUT2D eigenvalue weighted by atomic mass is 35.5. The zero-order chi connectivity index (χ0) is 21.0. The highest BCUT2D eigenvalue weighted by Gasteiger charge is 2.30. The van der Waals surface area contributed by atoms with E-state index in [1.54, 1.807) is 18.2 Å². The van der Waals surface area contributed by atoms with Crippen LogP contribution in [0.3, 0.4) is 0 Å². The number of pyridine rings is 1. The molecule has 0 radical (unpaired) electrons. The Bertz CT molecular complexity index is 1010. The molecule has 0 bridgehead atoms. The van der Waals surface area contributed by atoms with Crippen LogP contribution in [0.15, 0.2) is 47.5 Å². The molecule has 0 atom stereocenters. The summed E-state index contributed by atoms with van der Waals surface area (Å²) in [6, 6.07) is 9.42. The van der Waals surface area contributed by atoms with Crippen molar-refractivity contribution in [2.45, 2.75) is 4.90 Å². The van der Waals surface area contributed by atoms with Crippen LogP contribution < -0.4 is 0 Å². The van der Waals surface area contributed by atoms with Crippen LogP contribution >= 0.6 is 23.2 Å². The van der Waals surface area contributed by atoms with Crippen molar-refractivity contribution in [2.24, 2.45) is 0 Å². The topological polar surface area (TPSA) is 96.9 Å². The SMILES string of the molecule is O=C(OCC(=O)N1CCN(S(=O)(=O)c2ccccc2)CC1)c1cnc(Cl)c(Cl)c1. The normalized spacial score (nSPS) is 15.2. The number of rotatable bonds is 5. The number of carbonyl (C=O) groups excluding carboxylic acids is 2. The van der Waals surface area contributed by atoms with Crippen molar-refractivity contribution < 1.29 is 22.7 Å². The monoisotopic (exact) mass is 457 g/mol. The van der Waals surface area contributed by atoms with Crippen LogP contribution in [0.2, 0.25) is 10.2 Å². The number of halogens is 2. The van der Waals surface area contributed by atoms with E-state index in [9.17, 15) is 18.0 Å². The summed E-state index contributed by atoms with van der Waals surface area (Å²) in [5, 5.41) is 0.158. The molecule has 8 nitrogen and oxygen atoms in total. The molecule has 1 aliphatic heterocycles. The Morgan fingerprint density at radius 2 is 1.72 bits per heavy atom. The third kappa shape index (κ3) is 5.05. The second-order valence-corrected chi connectivity index (χ2v) is 8.87. The van der Waals surface area contributed by atoms with Gasteiger partial charge in [-0.3, -0.25) is 4.79 Å². The highest BCUT2D eigenvalue weighted by molar-refractivity contribution is 7.89. The van der Waals surface area contributed by atoms with Crippen molar-refractivity contribution in [3.05, 3.63) is 58.3 Å². The van der Waals surface area contributed by atoms with E-state index in [1.165, 1.54) is 33.6 Å². The maximum atomic E-state index is 12.6.